The first-order chi connectivity index (χ1) is 8.22. The monoisotopic (exact) mass is 299 g/mol. The molecular formula is C12H18BrN3O. The van der Waals surface area contributed by atoms with Gasteiger partial charge < -0.3 is 9.47 Å². The van der Waals surface area contributed by atoms with Gasteiger partial charge in [0.05, 0.1) is 0 Å². The normalized spacial score (nSPS) is 17.4. The average molecular weight is 300 g/mol. The number of alkyl halides is 1. The van der Waals surface area contributed by atoms with E-state index in [9.17, 15) is 4.79 Å². The molecule has 0 bridgehead atoms. The lowest BCUT2D eigenvalue weighted by atomic mass is 10.1. The summed E-state index contributed by atoms with van der Waals surface area (Å²) in [6.45, 7) is 4.66. The van der Waals surface area contributed by atoms with Crippen molar-refractivity contribution >= 4 is 21.7 Å². The van der Waals surface area contributed by atoms with Gasteiger partial charge in [-0.3, -0.25) is 4.79 Å². The maximum Gasteiger partial charge on any atom is 0.293 e. The third-order valence-corrected chi connectivity index (χ3v) is 4.00. The van der Waals surface area contributed by atoms with Crippen LogP contribution in [0.15, 0.2) is 17.2 Å². The van der Waals surface area contributed by atoms with E-state index in [2.05, 4.69) is 32.7 Å². The molecular weight excluding hydrogens is 282 g/mol. The van der Waals surface area contributed by atoms with Crippen LogP contribution in [0.25, 0.3) is 0 Å². The van der Waals surface area contributed by atoms with Crippen LogP contribution in [-0.2, 0) is 6.54 Å². The number of rotatable bonds is 3. The standard InChI is InChI=1S/C12H18BrN3O/c1-2-6-16-9-5-14-11(12(16)17)15-7-3-10(13)4-8-15/h5,9-10H,2-4,6-8H2,1H3. The molecule has 1 saturated heterocycles. The Morgan fingerprint density at radius 2 is 2.18 bits per heavy atom. The summed E-state index contributed by atoms with van der Waals surface area (Å²) in [6.07, 6.45) is 6.61. The van der Waals surface area contributed by atoms with Crippen LogP contribution in [0.4, 0.5) is 5.82 Å². The highest BCUT2D eigenvalue weighted by Crippen LogP contribution is 2.19. The van der Waals surface area contributed by atoms with Crippen LogP contribution < -0.4 is 10.5 Å². The summed E-state index contributed by atoms with van der Waals surface area (Å²) in [4.78, 5) is 19.1. The second-order valence-corrected chi connectivity index (χ2v) is 5.71. The van der Waals surface area contributed by atoms with Gasteiger partial charge in [0.25, 0.3) is 5.56 Å². The summed E-state index contributed by atoms with van der Waals surface area (Å²) in [6, 6.07) is 0. The zero-order valence-corrected chi connectivity index (χ0v) is 11.7. The number of aromatic nitrogens is 2. The predicted octanol–water partition coefficient (Wildman–Crippen LogP) is 2.02. The van der Waals surface area contributed by atoms with E-state index in [0.717, 1.165) is 38.9 Å². The van der Waals surface area contributed by atoms with E-state index in [1.807, 2.05) is 0 Å². The Bertz CT molecular complexity index is 424. The van der Waals surface area contributed by atoms with E-state index in [-0.39, 0.29) is 5.56 Å². The van der Waals surface area contributed by atoms with Gasteiger partial charge in [0.15, 0.2) is 5.82 Å². The number of halogens is 1. The van der Waals surface area contributed by atoms with Crippen LogP contribution in [0.2, 0.25) is 0 Å². The molecule has 94 valence electrons. The Balaban J connectivity index is 2.21. The predicted molar refractivity (Wildman–Crippen MR) is 73.0 cm³/mol. The summed E-state index contributed by atoms with van der Waals surface area (Å²) in [7, 11) is 0. The highest BCUT2D eigenvalue weighted by atomic mass is 79.9. The molecule has 1 aromatic heterocycles. The van der Waals surface area contributed by atoms with Crippen LogP contribution in [-0.4, -0.2) is 27.5 Å². The number of piperidine rings is 1. The van der Waals surface area contributed by atoms with Crippen LogP contribution >= 0.6 is 15.9 Å². The van der Waals surface area contributed by atoms with Crippen molar-refractivity contribution in [1.29, 1.82) is 0 Å². The van der Waals surface area contributed by atoms with Gasteiger partial charge in [-0.15, -0.1) is 0 Å². The van der Waals surface area contributed by atoms with Gasteiger partial charge in [-0.05, 0) is 19.3 Å². The maximum absolute atomic E-state index is 12.2. The van der Waals surface area contributed by atoms with Crippen LogP contribution in [0.1, 0.15) is 26.2 Å². The lowest BCUT2D eigenvalue weighted by molar-refractivity contribution is 0.579. The number of aryl methyl sites for hydroxylation is 1. The van der Waals surface area contributed by atoms with Crippen molar-refractivity contribution < 1.29 is 0 Å². The topological polar surface area (TPSA) is 38.1 Å². The number of hydrogen-bond acceptors (Lipinski definition) is 3. The molecule has 0 unspecified atom stereocenters. The molecule has 2 heterocycles. The minimum absolute atomic E-state index is 0.0439. The van der Waals surface area contributed by atoms with Gasteiger partial charge in [0.1, 0.15) is 0 Å². The minimum atomic E-state index is 0.0439. The molecule has 2 rings (SSSR count). The molecule has 0 spiro atoms. The molecule has 0 atom stereocenters. The molecule has 0 N–H and O–H groups in total. The van der Waals surface area contributed by atoms with Crippen molar-refractivity contribution in [2.24, 2.45) is 0 Å². The van der Waals surface area contributed by atoms with E-state index in [1.54, 1.807) is 17.0 Å². The minimum Gasteiger partial charge on any atom is -0.352 e. The fourth-order valence-electron chi connectivity index (χ4n) is 2.13. The van der Waals surface area contributed by atoms with Crippen molar-refractivity contribution in [3.8, 4) is 0 Å². The summed E-state index contributed by atoms with van der Waals surface area (Å²) < 4.78 is 1.75. The van der Waals surface area contributed by atoms with Gasteiger partial charge in [-0.2, -0.15) is 0 Å². The highest BCUT2D eigenvalue weighted by Gasteiger charge is 2.20. The summed E-state index contributed by atoms with van der Waals surface area (Å²) in [5.41, 5.74) is 0.0439. The molecule has 0 aromatic carbocycles. The fraction of sp³-hybridized carbons (Fsp3) is 0.667. The lowest BCUT2D eigenvalue weighted by Gasteiger charge is -2.29. The van der Waals surface area contributed by atoms with Crippen molar-refractivity contribution in [2.45, 2.75) is 37.6 Å². The molecule has 17 heavy (non-hydrogen) atoms. The third kappa shape index (κ3) is 2.89. The van der Waals surface area contributed by atoms with Gasteiger partial charge >= 0.3 is 0 Å². The Hall–Kier alpha value is -0.840. The quantitative estimate of drug-likeness (QED) is 0.802. The number of anilines is 1. The molecule has 0 amide bonds. The largest absolute Gasteiger partial charge is 0.352 e. The van der Waals surface area contributed by atoms with E-state index in [0.29, 0.717) is 10.6 Å². The summed E-state index contributed by atoms with van der Waals surface area (Å²) >= 11 is 3.62. The molecule has 0 radical (unpaired) electrons. The first-order valence-corrected chi connectivity index (χ1v) is 7.08. The molecule has 0 aliphatic carbocycles. The van der Waals surface area contributed by atoms with Gasteiger partial charge in [-0.1, -0.05) is 22.9 Å². The van der Waals surface area contributed by atoms with Gasteiger partial charge in [0, 0.05) is 36.9 Å². The summed E-state index contributed by atoms with van der Waals surface area (Å²) in [5, 5.41) is 0. The van der Waals surface area contributed by atoms with E-state index in [1.165, 1.54) is 0 Å². The van der Waals surface area contributed by atoms with Crippen molar-refractivity contribution in [2.75, 3.05) is 18.0 Å². The Morgan fingerprint density at radius 3 is 2.82 bits per heavy atom. The molecule has 4 nitrogen and oxygen atoms in total. The average Bonchev–Trinajstić information content (AvgIpc) is 2.34. The van der Waals surface area contributed by atoms with Crippen molar-refractivity contribution in [1.82, 2.24) is 9.55 Å². The first kappa shape index (κ1) is 12.6. The second-order valence-electron chi connectivity index (χ2n) is 4.41. The highest BCUT2D eigenvalue weighted by molar-refractivity contribution is 9.09. The van der Waals surface area contributed by atoms with Gasteiger partial charge in [-0.25, -0.2) is 4.98 Å². The van der Waals surface area contributed by atoms with E-state index in [4.69, 9.17) is 0 Å². The molecule has 1 fully saturated rings. The van der Waals surface area contributed by atoms with Crippen molar-refractivity contribution in [3.63, 3.8) is 0 Å². The zero-order valence-electron chi connectivity index (χ0n) is 10.1. The van der Waals surface area contributed by atoms with Crippen LogP contribution in [0.5, 0.6) is 0 Å². The van der Waals surface area contributed by atoms with Gasteiger partial charge in [0.2, 0.25) is 0 Å². The molecule has 1 aliphatic heterocycles. The SMILES string of the molecule is CCCn1ccnc(N2CCC(Br)CC2)c1=O. The van der Waals surface area contributed by atoms with Crippen LogP contribution in [0.3, 0.4) is 0 Å². The Kier molecular flexibility index (Phi) is 4.20. The molecule has 0 saturated carbocycles. The maximum atomic E-state index is 12.2. The zero-order chi connectivity index (χ0) is 12.3. The smallest absolute Gasteiger partial charge is 0.293 e. The second kappa shape index (κ2) is 5.67. The van der Waals surface area contributed by atoms with E-state index < -0.39 is 0 Å². The third-order valence-electron chi connectivity index (χ3n) is 3.08. The van der Waals surface area contributed by atoms with E-state index >= 15 is 0 Å². The van der Waals surface area contributed by atoms with Crippen LogP contribution in [0, 0.1) is 0 Å². The Morgan fingerprint density at radius 1 is 1.47 bits per heavy atom. The fourth-order valence-corrected chi connectivity index (χ4v) is 2.54. The summed E-state index contributed by atoms with van der Waals surface area (Å²) in [5.74, 6) is 0.611. The van der Waals surface area contributed by atoms with Crippen molar-refractivity contribution in [3.05, 3.63) is 22.7 Å². The molecule has 1 aliphatic rings. The first-order valence-electron chi connectivity index (χ1n) is 6.17. The Labute approximate surface area is 110 Å². The molecule has 5 heteroatoms. The molecule has 1 aromatic rings. The number of nitrogens with zero attached hydrogens (tertiary/aromatic N) is 3. The lowest BCUT2D eigenvalue weighted by Crippen LogP contribution is -2.39. The number of hydrogen-bond donors (Lipinski definition) is 0.